The molecule has 0 bridgehead atoms. The van der Waals surface area contributed by atoms with Crippen molar-refractivity contribution in [3.63, 3.8) is 0 Å². The third kappa shape index (κ3) is 2.79. The van der Waals surface area contributed by atoms with Crippen LogP contribution in [0.1, 0.15) is 25.8 Å². The lowest BCUT2D eigenvalue weighted by Crippen LogP contribution is -2.47. The molecule has 1 saturated heterocycles. The van der Waals surface area contributed by atoms with Gasteiger partial charge in [-0.15, -0.1) is 0 Å². The molecule has 0 aromatic heterocycles. The first-order chi connectivity index (χ1) is 8.01. The fraction of sp³-hybridized carbons (Fsp3) is 0.538. The summed E-state index contributed by atoms with van der Waals surface area (Å²) in [5.41, 5.74) is 0.970. The monoisotopic (exact) mass is 257 g/mol. The third-order valence-corrected chi connectivity index (χ3v) is 3.86. The molecule has 1 fully saturated rings. The second kappa shape index (κ2) is 4.92. The number of hydrogen-bond acceptors (Lipinski definition) is 2. The number of halogens is 2. The first kappa shape index (κ1) is 12.8. The number of nitrogens with one attached hydrogen (secondary N) is 1. The number of rotatable bonds is 3. The molecule has 0 spiro atoms. The van der Waals surface area contributed by atoms with Gasteiger partial charge < -0.3 is 10.1 Å². The quantitative estimate of drug-likeness (QED) is 0.898. The molecule has 1 aliphatic heterocycles. The van der Waals surface area contributed by atoms with Crippen LogP contribution in [0.3, 0.4) is 0 Å². The van der Waals surface area contributed by atoms with Crippen molar-refractivity contribution in [1.82, 2.24) is 5.32 Å². The molecule has 2 unspecified atom stereocenters. The van der Waals surface area contributed by atoms with E-state index >= 15 is 0 Å². The van der Waals surface area contributed by atoms with Crippen LogP contribution in [0.4, 0.5) is 4.39 Å². The molecule has 0 amide bonds. The van der Waals surface area contributed by atoms with Gasteiger partial charge in [-0.3, -0.25) is 0 Å². The van der Waals surface area contributed by atoms with E-state index in [0.29, 0.717) is 6.54 Å². The van der Waals surface area contributed by atoms with E-state index in [4.69, 9.17) is 16.3 Å². The molecular formula is C13H17ClFNO. The van der Waals surface area contributed by atoms with Gasteiger partial charge in [0.1, 0.15) is 5.82 Å². The van der Waals surface area contributed by atoms with E-state index in [2.05, 4.69) is 19.2 Å². The first-order valence-electron chi connectivity index (χ1n) is 5.82. The fourth-order valence-electron chi connectivity index (χ4n) is 2.02. The predicted octanol–water partition coefficient (Wildman–Crippen LogP) is 3.14. The highest BCUT2D eigenvalue weighted by Crippen LogP contribution is 2.25. The summed E-state index contributed by atoms with van der Waals surface area (Å²) in [4.78, 5) is 0. The molecule has 17 heavy (non-hydrogen) atoms. The number of hydrogen-bond donors (Lipinski definition) is 1. The Kier molecular flexibility index (Phi) is 3.71. The Morgan fingerprint density at radius 1 is 1.59 bits per heavy atom. The van der Waals surface area contributed by atoms with Gasteiger partial charge >= 0.3 is 0 Å². The van der Waals surface area contributed by atoms with Crippen molar-refractivity contribution in [1.29, 1.82) is 0 Å². The van der Waals surface area contributed by atoms with E-state index in [0.717, 1.165) is 18.6 Å². The maximum absolute atomic E-state index is 13.0. The molecule has 1 N–H and O–H groups in total. The van der Waals surface area contributed by atoms with Gasteiger partial charge in [0.25, 0.3) is 0 Å². The van der Waals surface area contributed by atoms with Gasteiger partial charge in [-0.25, -0.2) is 4.39 Å². The van der Waals surface area contributed by atoms with Crippen LogP contribution in [0.5, 0.6) is 0 Å². The highest BCUT2D eigenvalue weighted by atomic mass is 35.5. The number of ether oxygens (including phenoxy) is 1. The van der Waals surface area contributed by atoms with Crippen LogP contribution in [0.2, 0.25) is 5.02 Å². The lowest BCUT2D eigenvalue weighted by molar-refractivity contribution is 0.0881. The van der Waals surface area contributed by atoms with E-state index in [1.54, 1.807) is 12.1 Å². The van der Waals surface area contributed by atoms with Gasteiger partial charge in [-0.05, 0) is 38.0 Å². The van der Waals surface area contributed by atoms with E-state index < -0.39 is 0 Å². The molecule has 0 saturated carbocycles. The molecule has 1 aromatic carbocycles. The minimum Gasteiger partial charge on any atom is -0.377 e. The second-order valence-corrected chi connectivity index (χ2v) is 5.19. The Labute approximate surface area is 106 Å². The fourth-order valence-corrected chi connectivity index (χ4v) is 2.22. The largest absolute Gasteiger partial charge is 0.377 e. The highest BCUT2D eigenvalue weighted by Gasteiger charge is 2.36. The Bertz CT molecular complexity index is 412. The lowest BCUT2D eigenvalue weighted by atomic mass is 9.94. The number of benzene rings is 1. The van der Waals surface area contributed by atoms with Gasteiger partial charge in [0.2, 0.25) is 0 Å². The zero-order chi connectivity index (χ0) is 12.5. The van der Waals surface area contributed by atoms with Gasteiger partial charge in [0.15, 0.2) is 0 Å². The van der Waals surface area contributed by atoms with Crippen molar-refractivity contribution < 1.29 is 9.13 Å². The summed E-state index contributed by atoms with van der Waals surface area (Å²) in [6, 6.07) is 4.81. The Hall–Kier alpha value is -0.640. The van der Waals surface area contributed by atoms with Gasteiger partial charge in [0, 0.05) is 18.7 Å². The van der Waals surface area contributed by atoms with Gasteiger partial charge in [0.05, 0.1) is 11.1 Å². The van der Waals surface area contributed by atoms with Crippen molar-refractivity contribution in [3.05, 3.63) is 34.6 Å². The SMILES string of the molecule is CC1OCCC1(C)NCc1ccc(F)c(Cl)c1. The molecule has 0 aliphatic carbocycles. The minimum absolute atomic E-state index is 0.0130. The zero-order valence-electron chi connectivity index (χ0n) is 10.1. The standard InChI is InChI=1S/C13H17ClFNO/c1-9-13(2,5-6-17-9)16-8-10-3-4-12(15)11(14)7-10/h3-4,7,9,16H,5-6,8H2,1-2H3. The van der Waals surface area contributed by atoms with E-state index in [9.17, 15) is 4.39 Å². The summed E-state index contributed by atoms with van der Waals surface area (Å²) in [7, 11) is 0. The average molecular weight is 258 g/mol. The Balaban J connectivity index is 2.00. The topological polar surface area (TPSA) is 21.3 Å². The Morgan fingerprint density at radius 3 is 2.94 bits per heavy atom. The summed E-state index contributed by atoms with van der Waals surface area (Å²) >= 11 is 5.75. The van der Waals surface area contributed by atoms with Crippen molar-refractivity contribution in [2.75, 3.05) is 6.61 Å². The van der Waals surface area contributed by atoms with Crippen LogP contribution in [-0.4, -0.2) is 18.2 Å². The van der Waals surface area contributed by atoms with E-state index in [-0.39, 0.29) is 22.5 Å². The normalized spacial score (nSPS) is 28.6. The molecule has 4 heteroatoms. The van der Waals surface area contributed by atoms with Crippen LogP contribution >= 0.6 is 11.6 Å². The molecule has 1 aromatic rings. The summed E-state index contributed by atoms with van der Waals surface area (Å²) in [6.45, 7) is 5.67. The van der Waals surface area contributed by atoms with Crippen LogP contribution < -0.4 is 5.32 Å². The maximum atomic E-state index is 13.0. The molecular weight excluding hydrogens is 241 g/mol. The van der Waals surface area contributed by atoms with Crippen LogP contribution in [0, 0.1) is 5.82 Å². The van der Waals surface area contributed by atoms with Crippen LogP contribution in [0.25, 0.3) is 0 Å². The summed E-state index contributed by atoms with van der Waals surface area (Å²) < 4.78 is 18.6. The molecule has 0 radical (unpaired) electrons. The smallest absolute Gasteiger partial charge is 0.141 e. The molecule has 1 heterocycles. The molecule has 2 atom stereocenters. The van der Waals surface area contributed by atoms with E-state index in [1.165, 1.54) is 6.07 Å². The zero-order valence-corrected chi connectivity index (χ0v) is 10.9. The van der Waals surface area contributed by atoms with E-state index in [1.807, 2.05) is 0 Å². The van der Waals surface area contributed by atoms with Crippen LogP contribution in [-0.2, 0) is 11.3 Å². The minimum atomic E-state index is -0.376. The summed E-state index contributed by atoms with van der Waals surface area (Å²) in [5.74, 6) is -0.376. The van der Waals surface area contributed by atoms with Crippen molar-refractivity contribution in [3.8, 4) is 0 Å². The summed E-state index contributed by atoms with van der Waals surface area (Å²) in [6.07, 6.45) is 1.18. The lowest BCUT2D eigenvalue weighted by Gasteiger charge is -2.29. The molecule has 2 rings (SSSR count). The van der Waals surface area contributed by atoms with Crippen molar-refractivity contribution >= 4 is 11.6 Å². The third-order valence-electron chi connectivity index (χ3n) is 3.57. The molecule has 2 nitrogen and oxygen atoms in total. The van der Waals surface area contributed by atoms with Crippen molar-refractivity contribution in [2.24, 2.45) is 0 Å². The first-order valence-corrected chi connectivity index (χ1v) is 6.20. The summed E-state index contributed by atoms with van der Waals surface area (Å²) in [5, 5.41) is 3.64. The Morgan fingerprint density at radius 2 is 2.35 bits per heavy atom. The van der Waals surface area contributed by atoms with Gasteiger partial charge in [-0.2, -0.15) is 0 Å². The average Bonchev–Trinajstić information content (AvgIpc) is 2.62. The van der Waals surface area contributed by atoms with Crippen molar-refractivity contribution in [2.45, 2.75) is 38.5 Å². The molecule has 94 valence electrons. The highest BCUT2D eigenvalue weighted by molar-refractivity contribution is 6.30. The molecule has 1 aliphatic rings. The maximum Gasteiger partial charge on any atom is 0.141 e. The van der Waals surface area contributed by atoms with Gasteiger partial charge in [-0.1, -0.05) is 17.7 Å². The van der Waals surface area contributed by atoms with Crippen LogP contribution in [0.15, 0.2) is 18.2 Å². The predicted molar refractivity (Wildman–Crippen MR) is 66.7 cm³/mol. The second-order valence-electron chi connectivity index (χ2n) is 4.78.